The molecule has 0 heterocycles. The fourth-order valence-electron chi connectivity index (χ4n) is 2.09. The van der Waals surface area contributed by atoms with Crippen molar-refractivity contribution in [3.05, 3.63) is 34.1 Å². The highest BCUT2D eigenvalue weighted by Crippen LogP contribution is 2.21. The Bertz CT molecular complexity index is 368. The van der Waals surface area contributed by atoms with Gasteiger partial charge in [0.2, 0.25) is 0 Å². The lowest BCUT2D eigenvalue weighted by molar-refractivity contribution is 0.439. The summed E-state index contributed by atoms with van der Waals surface area (Å²) in [7, 11) is 0. The van der Waals surface area contributed by atoms with E-state index in [0.29, 0.717) is 10.5 Å². The second kappa shape index (κ2) is 7.90. The van der Waals surface area contributed by atoms with E-state index in [-0.39, 0.29) is 11.9 Å². The zero-order valence-electron chi connectivity index (χ0n) is 11.5. The molecule has 0 amide bonds. The highest BCUT2D eigenvalue weighted by molar-refractivity contribution is 9.10. The Balaban J connectivity index is 2.48. The van der Waals surface area contributed by atoms with E-state index < -0.39 is 0 Å². The van der Waals surface area contributed by atoms with Crippen LogP contribution in [0.1, 0.15) is 58.1 Å². The third-order valence-corrected chi connectivity index (χ3v) is 3.83. The summed E-state index contributed by atoms with van der Waals surface area (Å²) in [4.78, 5) is 0. The molecule has 0 aliphatic heterocycles. The van der Waals surface area contributed by atoms with Crippen LogP contribution in [-0.2, 0) is 0 Å². The smallest absolute Gasteiger partial charge is 0.137 e. The van der Waals surface area contributed by atoms with Crippen molar-refractivity contribution in [3.63, 3.8) is 0 Å². The van der Waals surface area contributed by atoms with Crippen molar-refractivity contribution < 1.29 is 4.39 Å². The standard InChI is InChI=1S/C15H23BrFN/c1-4-5-6-7-11(2)18-12(3)13-8-9-15(17)14(16)10-13/h8-12,18H,4-7H2,1-3H3. The maximum Gasteiger partial charge on any atom is 0.137 e. The fraction of sp³-hybridized carbons (Fsp3) is 0.600. The Labute approximate surface area is 118 Å². The first kappa shape index (κ1) is 15.6. The summed E-state index contributed by atoms with van der Waals surface area (Å²) < 4.78 is 13.7. The molecule has 1 nitrogen and oxygen atoms in total. The second-order valence-corrected chi connectivity index (χ2v) is 5.81. The lowest BCUT2D eigenvalue weighted by Crippen LogP contribution is -2.28. The van der Waals surface area contributed by atoms with Crippen LogP contribution < -0.4 is 5.32 Å². The van der Waals surface area contributed by atoms with E-state index in [9.17, 15) is 4.39 Å². The minimum Gasteiger partial charge on any atom is -0.308 e. The van der Waals surface area contributed by atoms with Gasteiger partial charge < -0.3 is 5.32 Å². The molecule has 0 aliphatic carbocycles. The molecule has 0 fully saturated rings. The van der Waals surface area contributed by atoms with Gasteiger partial charge in [-0.1, -0.05) is 32.3 Å². The first-order chi connectivity index (χ1) is 8.54. The van der Waals surface area contributed by atoms with Crippen LogP contribution in [0.5, 0.6) is 0 Å². The lowest BCUT2D eigenvalue weighted by Gasteiger charge is -2.20. The largest absolute Gasteiger partial charge is 0.308 e. The van der Waals surface area contributed by atoms with Crippen molar-refractivity contribution in [1.82, 2.24) is 5.32 Å². The molecule has 1 aromatic carbocycles. The van der Waals surface area contributed by atoms with Crippen molar-refractivity contribution in [2.45, 2.75) is 58.5 Å². The average Bonchev–Trinajstić information content (AvgIpc) is 2.33. The Hall–Kier alpha value is -0.410. The van der Waals surface area contributed by atoms with E-state index in [1.54, 1.807) is 0 Å². The van der Waals surface area contributed by atoms with Gasteiger partial charge in [-0.2, -0.15) is 0 Å². The number of unbranched alkanes of at least 4 members (excludes halogenated alkanes) is 2. The maximum atomic E-state index is 13.2. The van der Waals surface area contributed by atoms with Gasteiger partial charge in [-0.25, -0.2) is 4.39 Å². The molecule has 1 rings (SSSR count). The highest BCUT2D eigenvalue weighted by Gasteiger charge is 2.10. The predicted molar refractivity (Wildman–Crippen MR) is 79.3 cm³/mol. The van der Waals surface area contributed by atoms with E-state index in [1.165, 1.54) is 31.7 Å². The molecule has 0 spiro atoms. The van der Waals surface area contributed by atoms with E-state index in [4.69, 9.17) is 0 Å². The first-order valence-electron chi connectivity index (χ1n) is 6.75. The van der Waals surface area contributed by atoms with Gasteiger partial charge in [-0.15, -0.1) is 0 Å². The van der Waals surface area contributed by atoms with Crippen molar-refractivity contribution in [3.8, 4) is 0 Å². The van der Waals surface area contributed by atoms with Gasteiger partial charge in [0.05, 0.1) is 4.47 Å². The Morgan fingerprint density at radius 2 is 2.00 bits per heavy atom. The first-order valence-corrected chi connectivity index (χ1v) is 7.55. The summed E-state index contributed by atoms with van der Waals surface area (Å²) >= 11 is 3.23. The number of benzene rings is 1. The maximum absolute atomic E-state index is 13.2. The van der Waals surface area contributed by atoms with Crippen molar-refractivity contribution in [1.29, 1.82) is 0 Å². The van der Waals surface area contributed by atoms with Crippen LogP contribution >= 0.6 is 15.9 Å². The molecule has 0 saturated heterocycles. The molecule has 18 heavy (non-hydrogen) atoms. The molecule has 0 aromatic heterocycles. The van der Waals surface area contributed by atoms with E-state index in [0.717, 1.165) is 5.56 Å². The molecule has 3 heteroatoms. The fourth-order valence-corrected chi connectivity index (χ4v) is 2.49. The van der Waals surface area contributed by atoms with E-state index in [2.05, 4.69) is 42.0 Å². The quantitative estimate of drug-likeness (QED) is 0.681. The van der Waals surface area contributed by atoms with E-state index in [1.807, 2.05) is 12.1 Å². The average molecular weight is 316 g/mol. The summed E-state index contributed by atoms with van der Waals surface area (Å²) in [5.74, 6) is -0.207. The summed E-state index contributed by atoms with van der Waals surface area (Å²) in [5, 5.41) is 3.56. The Morgan fingerprint density at radius 1 is 1.28 bits per heavy atom. The third kappa shape index (κ3) is 5.07. The van der Waals surface area contributed by atoms with Crippen LogP contribution in [0.25, 0.3) is 0 Å². The summed E-state index contributed by atoms with van der Waals surface area (Å²) in [5.41, 5.74) is 1.12. The Morgan fingerprint density at radius 3 is 2.61 bits per heavy atom. The van der Waals surface area contributed by atoms with E-state index >= 15 is 0 Å². The number of rotatable bonds is 7. The summed E-state index contributed by atoms with van der Waals surface area (Å²) in [6.07, 6.45) is 5.01. The molecular weight excluding hydrogens is 293 g/mol. The van der Waals surface area contributed by atoms with Gasteiger partial charge in [0.15, 0.2) is 0 Å². The van der Waals surface area contributed by atoms with Crippen molar-refractivity contribution in [2.75, 3.05) is 0 Å². The van der Waals surface area contributed by atoms with Gasteiger partial charge in [-0.3, -0.25) is 0 Å². The van der Waals surface area contributed by atoms with Crippen molar-refractivity contribution in [2.24, 2.45) is 0 Å². The normalized spacial score (nSPS) is 14.5. The number of hydrogen-bond donors (Lipinski definition) is 1. The molecule has 0 bridgehead atoms. The highest BCUT2D eigenvalue weighted by atomic mass is 79.9. The molecule has 102 valence electrons. The minimum absolute atomic E-state index is 0.207. The van der Waals surface area contributed by atoms with Gasteiger partial charge in [0, 0.05) is 12.1 Å². The lowest BCUT2D eigenvalue weighted by atomic mass is 10.1. The second-order valence-electron chi connectivity index (χ2n) is 4.96. The SMILES string of the molecule is CCCCCC(C)NC(C)c1ccc(F)c(Br)c1. The van der Waals surface area contributed by atoms with Gasteiger partial charge in [0.1, 0.15) is 5.82 Å². The number of halogens is 2. The number of nitrogens with one attached hydrogen (secondary N) is 1. The van der Waals surface area contributed by atoms with Gasteiger partial charge >= 0.3 is 0 Å². The molecule has 2 atom stereocenters. The summed E-state index contributed by atoms with van der Waals surface area (Å²) in [6.45, 7) is 6.55. The zero-order chi connectivity index (χ0) is 13.5. The monoisotopic (exact) mass is 315 g/mol. The number of hydrogen-bond acceptors (Lipinski definition) is 1. The van der Waals surface area contributed by atoms with Crippen LogP contribution in [0, 0.1) is 5.82 Å². The molecular formula is C15H23BrFN. The zero-order valence-corrected chi connectivity index (χ0v) is 13.1. The topological polar surface area (TPSA) is 12.0 Å². The molecule has 1 N–H and O–H groups in total. The molecule has 1 aromatic rings. The van der Waals surface area contributed by atoms with Gasteiger partial charge in [-0.05, 0) is 53.9 Å². The Kier molecular flexibility index (Phi) is 6.87. The van der Waals surface area contributed by atoms with Gasteiger partial charge in [0.25, 0.3) is 0 Å². The molecule has 0 saturated carbocycles. The van der Waals surface area contributed by atoms with Crippen LogP contribution in [0.4, 0.5) is 4.39 Å². The van der Waals surface area contributed by atoms with Crippen LogP contribution in [0.15, 0.2) is 22.7 Å². The minimum atomic E-state index is -0.207. The predicted octanol–water partition coefficient (Wildman–Crippen LogP) is 5.21. The summed E-state index contributed by atoms with van der Waals surface area (Å²) in [6, 6.07) is 5.95. The van der Waals surface area contributed by atoms with Crippen molar-refractivity contribution >= 4 is 15.9 Å². The van der Waals surface area contributed by atoms with Crippen LogP contribution in [0.2, 0.25) is 0 Å². The third-order valence-electron chi connectivity index (χ3n) is 3.22. The molecule has 0 radical (unpaired) electrons. The molecule has 0 aliphatic rings. The van der Waals surface area contributed by atoms with Crippen LogP contribution in [-0.4, -0.2) is 6.04 Å². The van der Waals surface area contributed by atoms with Crippen LogP contribution in [0.3, 0.4) is 0 Å². The molecule has 2 unspecified atom stereocenters.